The lowest BCUT2D eigenvalue weighted by Crippen LogP contribution is -2.29. The Morgan fingerprint density at radius 1 is 1.17 bits per heavy atom. The maximum absolute atomic E-state index is 12.1. The zero-order valence-electron chi connectivity index (χ0n) is 11.3. The number of ether oxygens (including phenoxy) is 1. The van der Waals surface area contributed by atoms with Gasteiger partial charge in [-0.25, -0.2) is 0 Å². The molecule has 0 fully saturated rings. The van der Waals surface area contributed by atoms with Gasteiger partial charge in [0.2, 0.25) is 0 Å². The molecule has 0 saturated carbocycles. The van der Waals surface area contributed by atoms with Gasteiger partial charge in [0.15, 0.2) is 0 Å². The van der Waals surface area contributed by atoms with Gasteiger partial charge in [0.25, 0.3) is 5.91 Å². The summed E-state index contributed by atoms with van der Waals surface area (Å²) in [5.41, 5.74) is 2.76. The Balaban J connectivity index is 2.71. The molecule has 0 N–H and O–H groups in total. The van der Waals surface area contributed by atoms with Gasteiger partial charge in [-0.1, -0.05) is 17.2 Å². The first-order valence-electron chi connectivity index (χ1n) is 5.84. The highest BCUT2D eigenvalue weighted by Crippen LogP contribution is 2.11. The molecular formula is C14H19NO3. The Morgan fingerprint density at radius 2 is 1.72 bits per heavy atom. The van der Waals surface area contributed by atoms with Crippen molar-refractivity contribution in [1.29, 1.82) is 0 Å². The van der Waals surface area contributed by atoms with E-state index in [0.717, 1.165) is 11.1 Å². The zero-order chi connectivity index (χ0) is 13.7. The van der Waals surface area contributed by atoms with E-state index in [-0.39, 0.29) is 18.3 Å². The summed E-state index contributed by atoms with van der Waals surface area (Å²) in [4.78, 5) is 24.7. The van der Waals surface area contributed by atoms with Crippen LogP contribution in [-0.2, 0) is 9.53 Å². The SMILES string of the molecule is COC(=O)CCN(C)C(=O)c1cc(C)cc(C)c1. The number of methoxy groups -OCH3 is 1. The topological polar surface area (TPSA) is 46.6 Å². The van der Waals surface area contributed by atoms with Crippen molar-refractivity contribution in [3.8, 4) is 0 Å². The van der Waals surface area contributed by atoms with Crippen LogP contribution in [0.4, 0.5) is 0 Å². The van der Waals surface area contributed by atoms with Crippen molar-refractivity contribution in [3.63, 3.8) is 0 Å². The molecule has 4 heteroatoms. The van der Waals surface area contributed by atoms with E-state index in [1.807, 2.05) is 32.0 Å². The molecule has 18 heavy (non-hydrogen) atoms. The largest absolute Gasteiger partial charge is 0.469 e. The summed E-state index contributed by atoms with van der Waals surface area (Å²) in [6.45, 7) is 4.27. The monoisotopic (exact) mass is 249 g/mol. The Kier molecular flexibility index (Phi) is 4.89. The molecule has 1 rings (SSSR count). The summed E-state index contributed by atoms with van der Waals surface area (Å²) >= 11 is 0. The standard InChI is InChI=1S/C14H19NO3/c1-10-7-11(2)9-12(8-10)14(17)15(3)6-5-13(16)18-4/h7-9H,5-6H2,1-4H3. The summed E-state index contributed by atoms with van der Waals surface area (Å²) in [6.07, 6.45) is 0.212. The van der Waals surface area contributed by atoms with Crippen molar-refractivity contribution in [2.45, 2.75) is 20.3 Å². The minimum atomic E-state index is -0.310. The Bertz CT molecular complexity index is 434. The minimum Gasteiger partial charge on any atom is -0.469 e. The summed E-state index contributed by atoms with van der Waals surface area (Å²) in [5.74, 6) is -0.388. The van der Waals surface area contributed by atoms with E-state index < -0.39 is 0 Å². The molecule has 98 valence electrons. The molecule has 0 aliphatic carbocycles. The van der Waals surface area contributed by atoms with Gasteiger partial charge in [0, 0.05) is 19.2 Å². The maximum atomic E-state index is 12.1. The van der Waals surface area contributed by atoms with Crippen LogP contribution in [0.2, 0.25) is 0 Å². The van der Waals surface area contributed by atoms with Crippen LogP contribution in [0.1, 0.15) is 27.9 Å². The molecular weight excluding hydrogens is 230 g/mol. The molecule has 0 heterocycles. The van der Waals surface area contributed by atoms with Crippen LogP contribution in [0.3, 0.4) is 0 Å². The average molecular weight is 249 g/mol. The van der Waals surface area contributed by atoms with E-state index in [0.29, 0.717) is 12.1 Å². The van der Waals surface area contributed by atoms with Gasteiger partial charge >= 0.3 is 5.97 Å². The predicted molar refractivity (Wildman–Crippen MR) is 69.5 cm³/mol. The van der Waals surface area contributed by atoms with Crippen molar-refractivity contribution in [3.05, 3.63) is 34.9 Å². The van der Waals surface area contributed by atoms with Gasteiger partial charge in [0.05, 0.1) is 13.5 Å². The first-order valence-corrected chi connectivity index (χ1v) is 5.84. The number of nitrogens with zero attached hydrogens (tertiary/aromatic N) is 1. The highest BCUT2D eigenvalue weighted by Gasteiger charge is 2.13. The zero-order valence-corrected chi connectivity index (χ0v) is 11.3. The molecule has 1 aromatic carbocycles. The lowest BCUT2D eigenvalue weighted by atomic mass is 10.1. The van der Waals surface area contributed by atoms with Crippen molar-refractivity contribution in [2.75, 3.05) is 20.7 Å². The third-order valence-electron chi connectivity index (χ3n) is 2.69. The highest BCUT2D eigenvalue weighted by molar-refractivity contribution is 5.94. The molecule has 1 amide bonds. The quantitative estimate of drug-likeness (QED) is 0.766. The van der Waals surface area contributed by atoms with E-state index >= 15 is 0 Å². The second kappa shape index (κ2) is 6.19. The number of esters is 1. The molecule has 0 aromatic heterocycles. The molecule has 0 atom stereocenters. The fraction of sp³-hybridized carbons (Fsp3) is 0.429. The van der Waals surface area contributed by atoms with Gasteiger partial charge in [-0.05, 0) is 26.0 Å². The Hall–Kier alpha value is -1.84. The van der Waals surface area contributed by atoms with Gasteiger partial charge in [-0.15, -0.1) is 0 Å². The van der Waals surface area contributed by atoms with Crippen LogP contribution in [-0.4, -0.2) is 37.5 Å². The van der Waals surface area contributed by atoms with E-state index in [9.17, 15) is 9.59 Å². The molecule has 0 radical (unpaired) electrons. The number of carbonyl (C=O) groups excluding carboxylic acids is 2. The lowest BCUT2D eigenvalue weighted by molar-refractivity contribution is -0.140. The van der Waals surface area contributed by atoms with Crippen LogP contribution in [0.5, 0.6) is 0 Å². The summed E-state index contributed by atoms with van der Waals surface area (Å²) in [5, 5.41) is 0. The summed E-state index contributed by atoms with van der Waals surface area (Å²) in [7, 11) is 3.02. The second-order valence-electron chi connectivity index (χ2n) is 4.43. The normalized spacial score (nSPS) is 10.0. The molecule has 0 unspecified atom stereocenters. The number of rotatable bonds is 4. The van der Waals surface area contributed by atoms with E-state index in [1.165, 1.54) is 12.0 Å². The van der Waals surface area contributed by atoms with Crippen molar-refractivity contribution in [1.82, 2.24) is 4.90 Å². The van der Waals surface area contributed by atoms with Gasteiger partial charge in [-0.2, -0.15) is 0 Å². The maximum Gasteiger partial charge on any atom is 0.307 e. The van der Waals surface area contributed by atoms with E-state index in [2.05, 4.69) is 4.74 Å². The van der Waals surface area contributed by atoms with Crippen LogP contribution in [0.15, 0.2) is 18.2 Å². The van der Waals surface area contributed by atoms with Gasteiger partial charge in [0.1, 0.15) is 0 Å². The minimum absolute atomic E-state index is 0.0781. The number of carbonyl (C=O) groups is 2. The molecule has 1 aromatic rings. The van der Waals surface area contributed by atoms with Crippen LogP contribution >= 0.6 is 0 Å². The third kappa shape index (κ3) is 3.87. The number of aryl methyl sites for hydroxylation is 2. The van der Waals surface area contributed by atoms with Gasteiger partial charge in [-0.3, -0.25) is 9.59 Å². The fourth-order valence-corrected chi connectivity index (χ4v) is 1.78. The van der Waals surface area contributed by atoms with Crippen molar-refractivity contribution in [2.24, 2.45) is 0 Å². The lowest BCUT2D eigenvalue weighted by Gasteiger charge is -2.17. The average Bonchev–Trinajstić information content (AvgIpc) is 2.33. The number of hydrogen-bond donors (Lipinski definition) is 0. The number of hydrogen-bond acceptors (Lipinski definition) is 3. The molecule has 0 spiro atoms. The van der Waals surface area contributed by atoms with E-state index in [1.54, 1.807) is 7.05 Å². The molecule has 0 aliphatic rings. The van der Waals surface area contributed by atoms with E-state index in [4.69, 9.17) is 0 Å². The highest BCUT2D eigenvalue weighted by atomic mass is 16.5. The predicted octanol–water partition coefficient (Wildman–Crippen LogP) is 1.94. The van der Waals surface area contributed by atoms with Crippen molar-refractivity contribution < 1.29 is 14.3 Å². The number of amides is 1. The third-order valence-corrected chi connectivity index (χ3v) is 2.69. The smallest absolute Gasteiger partial charge is 0.307 e. The molecule has 0 aliphatic heterocycles. The molecule has 4 nitrogen and oxygen atoms in total. The fourth-order valence-electron chi connectivity index (χ4n) is 1.78. The number of benzene rings is 1. The first kappa shape index (κ1) is 14.2. The van der Waals surface area contributed by atoms with Crippen LogP contribution in [0, 0.1) is 13.8 Å². The Morgan fingerprint density at radius 3 is 2.22 bits per heavy atom. The first-order chi connectivity index (χ1) is 8.43. The van der Waals surface area contributed by atoms with Crippen LogP contribution < -0.4 is 0 Å². The summed E-state index contributed by atoms with van der Waals surface area (Å²) in [6, 6.07) is 5.72. The molecule has 0 saturated heterocycles. The van der Waals surface area contributed by atoms with Crippen molar-refractivity contribution >= 4 is 11.9 Å². The molecule has 0 bridgehead atoms. The summed E-state index contributed by atoms with van der Waals surface area (Å²) < 4.78 is 4.55. The Labute approximate surface area is 108 Å². The second-order valence-corrected chi connectivity index (χ2v) is 4.43. The van der Waals surface area contributed by atoms with Gasteiger partial charge < -0.3 is 9.64 Å². The van der Waals surface area contributed by atoms with Crippen LogP contribution in [0.25, 0.3) is 0 Å².